The third-order valence-electron chi connectivity index (χ3n) is 3.90. The lowest BCUT2D eigenvalue weighted by Gasteiger charge is -2.03. The first-order chi connectivity index (χ1) is 11.8. The molecule has 0 aliphatic heterocycles. The van der Waals surface area contributed by atoms with Crippen LogP contribution in [0.2, 0.25) is 0 Å². The Morgan fingerprint density at radius 2 is 1.25 bits per heavy atom. The van der Waals surface area contributed by atoms with Gasteiger partial charge in [0.05, 0.1) is 22.1 Å². The highest BCUT2D eigenvalue weighted by molar-refractivity contribution is 6.20. The van der Waals surface area contributed by atoms with Crippen LogP contribution in [-0.4, -0.2) is 25.7 Å². The minimum absolute atomic E-state index is 0.0701. The van der Waals surface area contributed by atoms with Gasteiger partial charge in [-0.3, -0.25) is 14.8 Å². The maximum absolute atomic E-state index is 12.5. The molecule has 0 bridgehead atoms. The smallest absolute Gasteiger partial charge is 0.214 e. The van der Waals surface area contributed by atoms with Crippen molar-refractivity contribution in [2.45, 2.75) is 13.8 Å². The molecule has 1 aliphatic rings. The molecular formula is C19H14N4O. The highest BCUT2D eigenvalue weighted by Gasteiger charge is 2.29. The van der Waals surface area contributed by atoms with Crippen molar-refractivity contribution in [3.05, 3.63) is 60.0 Å². The minimum Gasteiger partial charge on any atom is -0.287 e. The summed E-state index contributed by atoms with van der Waals surface area (Å²) in [6, 6.07) is 11.1. The van der Waals surface area contributed by atoms with Crippen molar-refractivity contribution >= 4 is 27.9 Å². The Morgan fingerprint density at radius 1 is 0.708 bits per heavy atom. The molecule has 0 N–H and O–H groups in total. The van der Waals surface area contributed by atoms with E-state index in [9.17, 15) is 4.79 Å². The van der Waals surface area contributed by atoms with E-state index in [0.717, 1.165) is 22.1 Å². The topological polar surface area (TPSA) is 68.6 Å². The number of fused-ring (bicyclic) bond motifs is 5. The summed E-state index contributed by atoms with van der Waals surface area (Å²) in [4.78, 5) is 30.2. The zero-order valence-corrected chi connectivity index (χ0v) is 13.3. The molecule has 2 heterocycles. The monoisotopic (exact) mass is 314 g/mol. The fourth-order valence-corrected chi connectivity index (χ4v) is 2.88. The molecule has 0 amide bonds. The number of carbonyl (C=O) groups is 1. The fraction of sp³-hybridized carbons (Fsp3) is 0.105. The number of aromatic nitrogens is 4. The number of hydrogen-bond donors (Lipinski definition) is 0. The van der Waals surface area contributed by atoms with Crippen LogP contribution < -0.4 is 0 Å². The second-order valence-corrected chi connectivity index (χ2v) is 5.18. The predicted octanol–water partition coefficient (Wildman–Crippen LogP) is 3.81. The molecule has 2 aromatic carbocycles. The summed E-state index contributed by atoms with van der Waals surface area (Å²) < 4.78 is 0. The zero-order valence-electron chi connectivity index (χ0n) is 13.3. The molecule has 0 saturated heterocycles. The summed E-state index contributed by atoms with van der Waals surface area (Å²) in [6.45, 7) is 4.00. The van der Waals surface area contributed by atoms with E-state index in [2.05, 4.69) is 19.9 Å². The first-order valence-electron chi connectivity index (χ1n) is 7.88. The molecule has 0 unspecified atom stereocenters. The number of benzene rings is 2. The molecule has 1 aliphatic carbocycles. The van der Waals surface area contributed by atoms with Gasteiger partial charge in [0.1, 0.15) is 11.4 Å². The molecule has 0 spiro atoms. The van der Waals surface area contributed by atoms with Crippen molar-refractivity contribution in [1.29, 1.82) is 0 Å². The predicted molar refractivity (Wildman–Crippen MR) is 92.9 cm³/mol. The Balaban J connectivity index is 0.000000704. The SMILES string of the molecule is CC.O=C1c2ccccc2-c2nc3cc4nccnc4cc3nc21. The normalized spacial score (nSPS) is 11.8. The van der Waals surface area contributed by atoms with Gasteiger partial charge >= 0.3 is 0 Å². The van der Waals surface area contributed by atoms with Gasteiger partial charge in [-0.05, 0) is 12.1 Å². The molecule has 0 radical (unpaired) electrons. The van der Waals surface area contributed by atoms with E-state index in [0.29, 0.717) is 22.5 Å². The standard InChI is InChI=1S/C17H8N4O.C2H6/c22-17-10-4-2-1-3-9(10)15-16(17)21-14-8-12-11(7-13(14)20-15)18-5-6-19-12;1-2/h1-8H;1-2H3. The van der Waals surface area contributed by atoms with Crippen molar-refractivity contribution in [3.8, 4) is 11.3 Å². The molecule has 5 heteroatoms. The molecule has 116 valence electrons. The van der Waals surface area contributed by atoms with Crippen LogP contribution >= 0.6 is 0 Å². The quantitative estimate of drug-likeness (QED) is 0.407. The van der Waals surface area contributed by atoms with Gasteiger partial charge in [-0.1, -0.05) is 38.1 Å². The van der Waals surface area contributed by atoms with Gasteiger partial charge < -0.3 is 0 Å². The average molecular weight is 314 g/mol. The first-order valence-corrected chi connectivity index (χ1v) is 7.88. The molecule has 0 atom stereocenters. The molecular weight excluding hydrogens is 300 g/mol. The lowest BCUT2D eigenvalue weighted by molar-refractivity contribution is 0.103. The van der Waals surface area contributed by atoms with E-state index in [1.165, 1.54) is 0 Å². The van der Waals surface area contributed by atoms with Crippen molar-refractivity contribution in [1.82, 2.24) is 19.9 Å². The van der Waals surface area contributed by atoms with Crippen LogP contribution in [0.1, 0.15) is 29.9 Å². The summed E-state index contributed by atoms with van der Waals surface area (Å²) in [5.41, 5.74) is 5.45. The molecule has 0 saturated carbocycles. The maximum atomic E-state index is 12.5. The molecule has 4 aromatic rings. The van der Waals surface area contributed by atoms with Gasteiger partial charge in [0, 0.05) is 23.5 Å². The number of rotatable bonds is 0. The third kappa shape index (κ3) is 1.98. The Hall–Kier alpha value is -3.21. The Labute approximate surface area is 138 Å². The van der Waals surface area contributed by atoms with Crippen LogP contribution in [0.25, 0.3) is 33.3 Å². The highest BCUT2D eigenvalue weighted by atomic mass is 16.1. The summed E-state index contributed by atoms with van der Waals surface area (Å²) >= 11 is 0. The van der Waals surface area contributed by atoms with Crippen molar-refractivity contribution in [2.24, 2.45) is 0 Å². The van der Waals surface area contributed by atoms with E-state index in [1.54, 1.807) is 12.4 Å². The van der Waals surface area contributed by atoms with Crippen LogP contribution in [0.4, 0.5) is 0 Å². The van der Waals surface area contributed by atoms with E-state index >= 15 is 0 Å². The molecule has 24 heavy (non-hydrogen) atoms. The Bertz CT molecular complexity index is 1100. The maximum Gasteiger partial charge on any atom is 0.214 e. The second-order valence-electron chi connectivity index (χ2n) is 5.18. The molecule has 5 rings (SSSR count). The van der Waals surface area contributed by atoms with Crippen molar-refractivity contribution in [3.63, 3.8) is 0 Å². The average Bonchev–Trinajstić information content (AvgIpc) is 2.92. The third-order valence-corrected chi connectivity index (χ3v) is 3.90. The van der Waals surface area contributed by atoms with Crippen LogP contribution in [0.3, 0.4) is 0 Å². The van der Waals surface area contributed by atoms with Crippen LogP contribution in [0.5, 0.6) is 0 Å². The molecule has 5 nitrogen and oxygen atoms in total. The summed E-state index contributed by atoms with van der Waals surface area (Å²) in [7, 11) is 0. The van der Waals surface area contributed by atoms with Crippen molar-refractivity contribution in [2.75, 3.05) is 0 Å². The van der Waals surface area contributed by atoms with Gasteiger partial charge in [0.25, 0.3) is 0 Å². The van der Waals surface area contributed by atoms with E-state index in [1.807, 2.05) is 50.2 Å². The summed E-state index contributed by atoms with van der Waals surface area (Å²) in [5.74, 6) is -0.0701. The van der Waals surface area contributed by atoms with E-state index in [4.69, 9.17) is 0 Å². The fourth-order valence-electron chi connectivity index (χ4n) is 2.88. The Morgan fingerprint density at radius 3 is 1.88 bits per heavy atom. The van der Waals surface area contributed by atoms with Gasteiger partial charge in [0.2, 0.25) is 5.78 Å². The van der Waals surface area contributed by atoms with Gasteiger partial charge in [0.15, 0.2) is 0 Å². The summed E-state index contributed by atoms with van der Waals surface area (Å²) in [6.07, 6.45) is 3.28. The number of hydrogen-bond acceptors (Lipinski definition) is 5. The lowest BCUT2D eigenvalue weighted by Crippen LogP contribution is -2.00. The first kappa shape index (κ1) is 14.4. The summed E-state index contributed by atoms with van der Waals surface area (Å²) in [5, 5.41) is 0. The van der Waals surface area contributed by atoms with E-state index in [-0.39, 0.29) is 5.78 Å². The zero-order chi connectivity index (χ0) is 16.7. The number of ketones is 1. The second kappa shape index (κ2) is 5.45. The van der Waals surface area contributed by atoms with Gasteiger partial charge in [-0.25, -0.2) is 9.97 Å². The van der Waals surface area contributed by atoms with Crippen LogP contribution in [-0.2, 0) is 0 Å². The number of carbonyl (C=O) groups excluding carboxylic acids is 1. The van der Waals surface area contributed by atoms with Gasteiger partial charge in [-0.2, -0.15) is 0 Å². The minimum atomic E-state index is -0.0701. The highest BCUT2D eigenvalue weighted by Crippen LogP contribution is 2.35. The van der Waals surface area contributed by atoms with Gasteiger partial charge in [-0.15, -0.1) is 0 Å². The number of nitrogens with zero attached hydrogens (tertiary/aromatic N) is 4. The Kier molecular flexibility index (Phi) is 3.27. The van der Waals surface area contributed by atoms with Crippen molar-refractivity contribution < 1.29 is 4.79 Å². The largest absolute Gasteiger partial charge is 0.287 e. The van der Waals surface area contributed by atoms with Crippen LogP contribution in [0, 0.1) is 0 Å². The molecule has 0 fully saturated rings. The van der Waals surface area contributed by atoms with Crippen LogP contribution in [0.15, 0.2) is 48.8 Å². The molecule has 2 aromatic heterocycles. The van der Waals surface area contributed by atoms with E-state index < -0.39 is 0 Å². The lowest BCUT2D eigenvalue weighted by atomic mass is 10.1.